The van der Waals surface area contributed by atoms with Crippen molar-refractivity contribution in [3.8, 4) is 0 Å². The molecule has 1 aliphatic carbocycles. The van der Waals surface area contributed by atoms with Gasteiger partial charge in [0.2, 0.25) is 0 Å². The number of urea groups is 1. The summed E-state index contributed by atoms with van der Waals surface area (Å²) in [5, 5.41) is 2.65. The quantitative estimate of drug-likeness (QED) is 0.644. The van der Waals surface area contributed by atoms with Gasteiger partial charge in [-0.1, -0.05) is 49.6 Å². The lowest BCUT2D eigenvalue weighted by molar-refractivity contribution is 0.160. The summed E-state index contributed by atoms with van der Waals surface area (Å²) in [7, 11) is -3.37. The van der Waals surface area contributed by atoms with Gasteiger partial charge in [0, 0.05) is 17.8 Å². The molecule has 2 bridgehead atoms. The largest absolute Gasteiger partial charge is 0.322 e. The molecule has 170 valence electrons. The van der Waals surface area contributed by atoms with E-state index < -0.39 is 15.1 Å². The maximum Gasteiger partial charge on any atom is 0.322 e. The van der Waals surface area contributed by atoms with Crippen molar-refractivity contribution >= 4 is 21.6 Å². The zero-order valence-electron chi connectivity index (χ0n) is 18.4. The van der Waals surface area contributed by atoms with E-state index in [1.807, 2.05) is 23.1 Å². The molecule has 2 aromatic carbocycles. The van der Waals surface area contributed by atoms with Gasteiger partial charge in [-0.2, -0.15) is 0 Å². The van der Waals surface area contributed by atoms with Gasteiger partial charge < -0.3 is 10.2 Å². The smallest absolute Gasteiger partial charge is 0.318 e. The van der Waals surface area contributed by atoms with Gasteiger partial charge in [0.05, 0.1) is 10.1 Å². The van der Waals surface area contributed by atoms with Gasteiger partial charge in [-0.15, -0.1) is 0 Å². The number of amides is 2. The Balaban J connectivity index is 1.24. The van der Waals surface area contributed by atoms with Crippen LogP contribution in [0.2, 0.25) is 0 Å². The lowest BCUT2D eigenvalue weighted by atomic mass is 9.84. The number of anilines is 1. The maximum atomic E-state index is 13.1. The number of carbonyl (C=O) groups is 1. The van der Waals surface area contributed by atoms with Gasteiger partial charge in [0.15, 0.2) is 9.84 Å². The molecule has 2 aromatic rings. The first-order valence-corrected chi connectivity index (χ1v) is 13.6. The highest BCUT2D eigenvalue weighted by Crippen LogP contribution is 2.40. The molecular weight excluding hydrogens is 420 g/mol. The van der Waals surface area contributed by atoms with Gasteiger partial charge in [-0.25, -0.2) is 13.2 Å². The average molecular weight is 453 g/mol. The summed E-state index contributed by atoms with van der Waals surface area (Å²) >= 11 is 0. The van der Waals surface area contributed by atoms with Crippen molar-refractivity contribution < 1.29 is 13.2 Å². The Labute approximate surface area is 191 Å². The Bertz CT molecular complexity index is 1030. The minimum atomic E-state index is -3.37. The number of hydrogen-bond donors (Lipinski definition) is 1. The van der Waals surface area contributed by atoms with E-state index in [0.717, 1.165) is 18.5 Å². The molecule has 2 aliphatic heterocycles. The molecule has 2 amide bonds. The number of fused-ring (bicyclic) bond motifs is 2. The molecular formula is C26H32N2O3S. The van der Waals surface area contributed by atoms with E-state index in [1.165, 1.54) is 37.7 Å². The second-order valence-electron chi connectivity index (χ2n) is 9.63. The van der Waals surface area contributed by atoms with Crippen LogP contribution < -0.4 is 5.32 Å². The lowest BCUT2D eigenvalue weighted by Crippen LogP contribution is -2.51. The van der Waals surface area contributed by atoms with Crippen molar-refractivity contribution in [2.45, 2.75) is 85.9 Å². The summed E-state index contributed by atoms with van der Waals surface area (Å²) < 4.78 is 26.2. The topological polar surface area (TPSA) is 66.5 Å². The molecule has 6 heteroatoms. The zero-order chi connectivity index (χ0) is 22.1. The molecule has 1 N–H and O–H groups in total. The molecule has 32 heavy (non-hydrogen) atoms. The molecule has 0 aromatic heterocycles. The normalized spacial score (nSPS) is 26.1. The second-order valence-corrected chi connectivity index (χ2v) is 11.9. The van der Waals surface area contributed by atoms with Crippen molar-refractivity contribution in [1.82, 2.24) is 4.90 Å². The third-order valence-electron chi connectivity index (χ3n) is 7.67. The predicted molar refractivity (Wildman–Crippen MR) is 127 cm³/mol. The van der Waals surface area contributed by atoms with Gasteiger partial charge in [-0.05, 0) is 74.3 Å². The molecule has 3 fully saturated rings. The molecule has 0 radical (unpaired) electrons. The summed E-state index contributed by atoms with van der Waals surface area (Å²) in [6, 6.07) is 16.9. The molecule has 2 saturated heterocycles. The summed E-state index contributed by atoms with van der Waals surface area (Å²) in [5.74, 6) is 0.648. The van der Waals surface area contributed by atoms with Gasteiger partial charge >= 0.3 is 6.03 Å². The number of nitrogens with zero attached hydrogens (tertiary/aromatic N) is 1. The van der Waals surface area contributed by atoms with Crippen LogP contribution in [0.25, 0.3) is 0 Å². The lowest BCUT2D eigenvalue weighted by Gasteiger charge is -2.38. The van der Waals surface area contributed by atoms with Crippen LogP contribution >= 0.6 is 0 Å². The minimum absolute atomic E-state index is 0.0150. The standard InChI is InChI=1S/C26H32N2O3S/c29-26(27-21-13-11-20(12-14-21)19-7-3-1-4-8-19)28-22-15-16-23(28)18-25(17-22)32(30,31)24-9-5-2-6-10-24/h2,5-6,9-14,19,22-23,25H,1,3-4,7-8,15-18H2,(H,27,29). The van der Waals surface area contributed by atoms with Crippen LogP contribution in [-0.4, -0.2) is 36.7 Å². The van der Waals surface area contributed by atoms with Crippen LogP contribution in [0.1, 0.15) is 69.3 Å². The van der Waals surface area contributed by atoms with Crippen LogP contribution in [0.4, 0.5) is 10.5 Å². The Kier molecular flexibility index (Phi) is 5.97. The predicted octanol–water partition coefficient (Wildman–Crippen LogP) is 5.74. The summed E-state index contributed by atoms with van der Waals surface area (Å²) in [6.45, 7) is 0. The fourth-order valence-electron chi connectivity index (χ4n) is 5.98. The molecule has 2 atom stereocenters. The summed E-state index contributed by atoms with van der Waals surface area (Å²) in [5.41, 5.74) is 2.18. The molecule has 5 rings (SSSR count). The zero-order valence-corrected chi connectivity index (χ0v) is 19.3. The molecule has 2 unspecified atom stereocenters. The second kappa shape index (κ2) is 8.89. The molecule has 2 heterocycles. The van der Waals surface area contributed by atoms with Crippen molar-refractivity contribution in [1.29, 1.82) is 0 Å². The molecule has 1 saturated carbocycles. The first kappa shape index (κ1) is 21.5. The number of sulfone groups is 1. The van der Waals surface area contributed by atoms with E-state index in [1.54, 1.807) is 24.3 Å². The first-order chi connectivity index (χ1) is 15.5. The maximum absolute atomic E-state index is 13.1. The highest BCUT2D eigenvalue weighted by atomic mass is 32.2. The number of hydrogen-bond acceptors (Lipinski definition) is 3. The average Bonchev–Trinajstić information content (AvgIpc) is 3.10. The molecule has 3 aliphatic rings. The Morgan fingerprint density at radius 3 is 2.06 bits per heavy atom. The van der Waals surface area contributed by atoms with Gasteiger partial charge in [0.25, 0.3) is 0 Å². The summed E-state index contributed by atoms with van der Waals surface area (Å²) in [4.78, 5) is 15.4. The number of benzene rings is 2. The van der Waals surface area contributed by atoms with Crippen molar-refractivity contribution in [3.63, 3.8) is 0 Å². The van der Waals surface area contributed by atoms with E-state index in [0.29, 0.717) is 23.7 Å². The van der Waals surface area contributed by atoms with Crippen molar-refractivity contribution in [3.05, 3.63) is 60.2 Å². The van der Waals surface area contributed by atoms with Crippen LogP contribution in [0.3, 0.4) is 0 Å². The van der Waals surface area contributed by atoms with Crippen LogP contribution in [0.5, 0.6) is 0 Å². The Hall–Kier alpha value is -2.34. The third kappa shape index (κ3) is 4.17. The van der Waals surface area contributed by atoms with Crippen molar-refractivity contribution in [2.24, 2.45) is 0 Å². The highest BCUT2D eigenvalue weighted by Gasteiger charge is 2.47. The van der Waals surface area contributed by atoms with E-state index >= 15 is 0 Å². The van der Waals surface area contributed by atoms with Crippen LogP contribution in [-0.2, 0) is 9.84 Å². The summed E-state index contributed by atoms with van der Waals surface area (Å²) in [6.07, 6.45) is 9.26. The number of piperidine rings is 1. The van der Waals surface area contributed by atoms with Gasteiger partial charge in [0.1, 0.15) is 0 Å². The van der Waals surface area contributed by atoms with Gasteiger partial charge in [-0.3, -0.25) is 0 Å². The SMILES string of the molecule is O=C(Nc1ccc(C2CCCCC2)cc1)N1C2CCC1CC(S(=O)(=O)c1ccccc1)C2. The van der Waals surface area contributed by atoms with E-state index in [-0.39, 0.29) is 18.1 Å². The monoisotopic (exact) mass is 452 g/mol. The highest BCUT2D eigenvalue weighted by molar-refractivity contribution is 7.92. The van der Waals surface area contributed by atoms with Crippen molar-refractivity contribution in [2.75, 3.05) is 5.32 Å². The Morgan fingerprint density at radius 1 is 0.812 bits per heavy atom. The van der Waals surface area contributed by atoms with E-state index in [9.17, 15) is 13.2 Å². The fourth-order valence-corrected chi connectivity index (χ4v) is 7.85. The van der Waals surface area contributed by atoms with Crippen LogP contribution in [0.15, 0.2) is 59.5 Å². The number of nitrogens with one attached hydrogen (secondary N) is 1. The fraction of sp³-hybridized carbons (Fsp3) is 0.500. The van der Waals surface area contributed by atoms with E-state index in [4.69, 9.17) is 0 Å². The molecule has 0 spiro atoms. The molecule has 5 nitrogen and oxygen atoms in total. The minimum Gasteiger partial charge on any atom is -0.318 e. The number of carbonyl (C=O) groups excluding carboxylic acids is 1. The Morgan fingerprint density at radius 2 is 1.44 bits per heavy atom. The number of rotatable bonds is 4. The van der Waals surface area contributed by atoms with Crippen LogP contribution in [0, 0.1) is 0 Å². The third-order valence-corrected chi connectivity index (χ3v) is 9.87. The van der Waals surface area contributed by atoms with E-state index in [2.05, 4.69) is 17.4 Å². The first-order valence-electron chi connectivity index (χ1n) is 12.0.